The highest BCUT2D eigenvalue weighted by Crippen LogP contribution is 2.34. The molecule has 2 N–H and O–H groups in total. The largest absolute Gasteiger partial charge is 0.393 e. The smallest absolute Gasteiger partial charge is 0.223 e. The van der Waals surface area contributed by atoms with Gasteiger partial charge in [-0.05, 0) is 41.4 Å². The molecule has 36 heavy (non-hydrogen) atoms. The van der Waals surface area contributed by atoms with E-state index in [0.29, 0.717) is 17.9 Å². The number of hydrogen-bond acceptors (Lipinski definition) is 5. The molecular formula is C29H34N6O. The molecule has 0 aliphatic carbocycles. The number of fused-ring (bicyclic) bond motifs is 1. The van der Waals surface area contributed by atoms with Crippen LogP contribution in [0.5, 0.6) is 0 Å². The average Bonchev–Trinajstić information content (AvgIpc) is 3.29. The number of nitriles is 1. The summed E-state index contributed by atoms with van der Waals surface area (Å²) in [6, 6.07) is 12.8. The molecule has 0 unspecified atom stereocenters. The maximum atomic E-state index is 12.6. The number of benzene rings is 1. The van der Waals surface area contributed by atoms with Crippen molar-refractivity contribution in [2.75, 3.05) is 20.1 Å². The van der Waals surface area contributed by atoms with Crippen molar-refractivity contribution < 1.29 is 4.79 Å². The Bertz CT molecular complexity index is 1330. The van der Waals surface area contributed by atoms with Crippen LogP contribution in [0.3, 0.4) is 0 Å². The van der Waals surface area contributed by atoms with Gasteiger partial charge >= 0.3 is 0 Å². The monoisotopic (exact) mass is 482 g/mol. The second-order valence-corrected chi connectivity index (χ2v) is 10.7. The third-order valence-corrected chi connectivity index (χ3v) is 6.74. The fourth-order valence-corrected chi connectivity index (χ4v) is 4.91. The number of nitrogens with one attached hydrogen (secondary N) is 2. The van der Waals surface area contributed by atoms with E-state index in [-0.39, 0.29) is 11.3 Å². The quantitative estimate of drug-likeness (QED) is 0.471. The zero-order valence-corrected chi connectivity index (χ0v) is 21.5. The molecule has 7 heteroatoms. The highest BCUT2D eigenvalue weighted by molar-refractivity contribution is 6.08. The van der Waals surface area contributed by atoms with Crippen molar-refractivity contribution in [1.29, 1.82) is 10.7 Å². The van der Waals surface area contributed by atoms with Gasteiger partial charge in [0.25, 0.3) is 0 Å². The van der Waals surface area contributed by atoms with E-state index in [1.807, 2.05) is 17.2 Å². The van der Waals surface area contributed by atoms with Gasteiger partial charge in [-0.3, -0.25) is 4.79 Å². The van der Waals surface area contributed by atoms with Gasteiger partial charge in [0.2, 0.25) is 5.91 Å². The summed E-state index contributed by atoms with van der Waals surface area (Å²) >= 11 is 0. The molecule has 1 amide bonds. The number of aromatic nitrogens is 2. The van der Waals surface area contributed by atoms with E-state index in [2.05, 4.69) is 61.5 Å². The molecule has 0 bridgehead atoms. The lowest BCUT2D eigenvalue weighted by molar-refractivity contribution is -0.134. The Balaban J connectivity index is 1.59. The summed E-state index contributed by atoms with van der Waals surface area (Å²) in [6.45, 7) is 7.92. The first-order valence-corrected chi connectivity index (χ1v) is 12.4. The van der Waals surface area contributed by atoms with Gasteiger partial charge in [-0.25, -0.2) is 4.52 Å². The third-order valence-electron chi connectivity index (χ3n) is 6.74. The predicted molar refractivity (Wildman–Crippen MR) is 144 cm³/mol. The Morgan fingerprint density at radius 1 is 1.25 bits per heavy atom. The number of hydrogen-bond donors (Lipinski definition) is 2. The number of allylic oxidation sites excluding steroid dienone is 1. The lowest BCUT2D eigenvalue weighted by Gasteiger charge is -2.34. The molecule has 1 fully saturated rings. The zero-order valence-electron chi connectivity index (χ0n) is 21.5. The lowest BCUT2D eigenvalue weighted by atomic mass is 9.87. The van der Waals surface area contributed by atoms with Crippen molar-refractivity contribution in [1.82, 2.24) is 19.8 Å². The first-order chi connectivity index (χ1) is 17.2. The van der Waals surface area contributed by atoms with Crippen molar-refractivity contribution in [3.8, 4) is 17.2 Å². The molecule has 2 aromatic heterocycles. The van der Waals surface area contributed by atoms with Gasteiger partial charge < -0.3 is 15.6 Å². The van der Waals surface area contributed by atoms with E-state index in [9.17, 15) is 10.1 Å². The molecule has 186 valence electrons. The molecule has 3 heterocycles. The zero-order chi connectivity index (χ0) is 25.9. The Kier molecular flexibility index (Phi) is 7.25. The van der Waals surface area contributed by atoms with Crippen LogP contribution in [0.4, 0.5) is 0 Å². The van der Waals surface area contributed by atoms with E-state index in [0.717, 1.165) is 53.7 Å². The van der Waals surface area contributed by atoms with Crippen molar-refractivity contribution >= 4 is 23.2 Å². The van der Waals surface area contributed by atoms with Gasteiger partial charge in [-0.15, -0.1) is 0 Å². The summed E-state index contributed by atoms with van der Waals surface area (Å²) in [7, 11) is 1.80. The number of rotatable bonds is 6. The molecule has 0 atom stereocenters. The van der Waals surface area contributed by atoms with E-state index in [1.165, 1.54) is 11.8 Å². The van der Waals surface area contributed by atoms with Crippen molar-refractivity contribution in [2.24, 2.45) is 5.41 Å². The van der Waals surface area contributed by atoms with Crippen LogP contribution in [0, 0.1) is 22.2 Å². The number of amides is 1. The number of pyridine rings is 1. The van der Waals surface area contributed by atoms with Crippen LogP contribution in [-0.4, -0.2) is 46.8 Å². The number of piperidine rings is 1. The number of likely N-dealkylation sites (tertiary alicyclic amines) is 1. The van der Waals surface area contributed by atoms with Gasteiger partial charge in [0.05, 0.1) is 17.3 Å². The molecule has 1 aliphatic heterocycles. The second-order valence-electron chi connectivity index (χ2n) is 10.7. The Morgan fingerprint density at radius 2 is 1.94 bits per heavy atom. The minimum atomic E-state index is 0.00963. The molecular weight excluding hydrogens is 448 g/mol. The minimum absolute atomic E-state index is 0.00963. The Labute approximate surface area is 212 Å². The molecule has 7 nitrogen and oxygen atoms in total. The minimum Gasteiger partial charge on any atom is -0.393 e. The van der Waals surface area contributed by atoms with Gasteiger partial charge in [0, 0.05) is 61.9 Å². The Morgan fingerprint density at radius 3 is 2.53 bits per heavy atom. The normalized spacial score (nSPS) is 15.1. The molecule has 1 aliphatic rings. The molecule has 1 saturated heterocycles. The molecule has 1 aromatic carbocycles. The predicted octanol–water partition coefficient (Wildman–Crippen LogP) is 5.23. The molecule has 3 aromatic rings. The summed E-state index contributed by atoms with van der Waals surface area (Å²) in [5.74, 6) is 0.683. The summed E-state index contributed by atoms with van der Waals surface area (Å²) in [4.78, 5) is 14.6. The van der Waals surface area contributed by atoms with Gasteiger partial charge in [0.1, 0.15) is 6.07 Å². The third kappa shape index (κ3) is 5.33. The standard InChI is InChI=1S/C29H34N6O/c1-29(2,3)14-27(36)34-11-9-21(10-12-34)20-5-7-22(8-6-20)26-13-23(24(15-30)17-32-4)19-35-28(26)25(16-31)18-33-35/h5-8,13,15,17-19,21,30,32H,9-12,14H2,1-4H3/b24-17+,30-15?. The summed E-state index contributed by atoms with van der Waals surface area (Å²) in [5.41, 5.74) is 6.02. The maximum Gasteiger partial charge on any atom is 0.223 e. The van der Waals surface area contributed by atoms with Gasteiger partial charge in [-0.2, -0.15) is 10.4 Å². The van der Waals surface area contributed by atoms with Crippen LogP contribution in [0.1, 0.15) is 62.6 Å². The molecule has 0 spiro atoms. The Hall–Kier alpha value is -3.92. The van der Waals surface area contributed by atoms with Crippen molar-refractivity contribution in [2.45, 2.75) is 46.0 Å². The maximum absolute atomic E-state index is 12.6. The average molecular weight is 483 g/mol. The van der Waals surface area contributed by atoms with E-state index >= 15 is 0 Å². The first kappa shape index (κ1) is 25.2. The van der Waals surface area contributed by atoms with Crippen LogP contribution in [0.25, 0.3) is 22.2 Å². The number of carbonyl (C=O) groups is 1. The highest BCUT2D eigenvalue weighted by Gasteiger charge is 2.26. The molecule has 4 rings (SSSR count). The fourth-order valence-electron chi connectivity index (χ4n) is 4.91. The lowest BCUT2D eigenvalue weighted by Crippen LogP contribution is -2.39. The van der Waals surface area contributed by atoms with E-state index in [4.69, 9.17) is 5.41 Å². The van der Waals surface area contributed by atoms with E-state index < -0.39 is 0 Å². The fraction of sp³-hybridized carbons (Fsp3) is 0.379. The SMILES string of the molecule is CN/C=C(\C=N)c1cc(-c2ccc(C3CCN(C(=O)CC(C)(C)C)CC3)cc2)c2c(C#N)cnn2c1. The second kappa shape index (κ2) is 10.4. The first-order valence-electron chi connectivity index (χ1n) is 12.4. The van der Waals surface area contributed by atoms with Crippen LogP contribution >= 0.6 is 0 Å². The summed E-state index contributed by atoms with van der Waals surface area (Å²) in [6.07, 6.45) is 9.02. The van der Waals surface area contributed by atoms with Crippen molar-refractivity contribution in [3.05, 3.63) is 65.6 Å². The molecule has 0 radical (unpaired) electrons. The van der Waals surface area contributed by atoms with Crippen LogP contribution < -0.4 is 5.32 Å². The number of nitrogens with zero attached hydrogens (tertiary/aromatic N) is 4. The summed E-state index contributed by atoms with van der Waals surface area (Å²) < 4.78 is 1.72. The summed E-state index contributed by atoms with van der Waals surface area (Å²) in [5, 5.41) is 24.8. The number of carbonyl (C=O) groups excluding carboxylic acids is 1. The topological polar surface area (TPSA) is 97.3 Å². The van der Waals surface area contributed by atoms with Crippen LogP contribution in [0.2, 0.25) is 0 Å². The van der Waals surface area contributed by atoms with E-state index in [1.54, 1.807) is 24.0 Å². The van der Waals surface area contributed by atoms with Gasteiger partial charge in [0.15, 0.2) is 0 Å². The van der Waals surface area contributed by atoms with Crippen LogP contribution in [0.15, 0.2) is 48.9 Å². The van der Waals surface area contributed by atoms with Crippen molar-refractivity contribution in [3.63, 3.8) is 0 Å². The highest BCUT2D eigenvalue weighted by atomic mass is 16.2. The molecule has 0 saturated carbocycles. The van der Waals surface area contributed by atoms with Crippen LogP contribution in [-0.2, 0) is 4.79 Å². The van der Waals surface area contributed by atoms with Gasteiger partial charge in [-0.1, -0.05) is 45.0 Å².